The number of carbonyl (C=O) groups is 3. The van der Waals surface area contributed by atoms with Gasteiger partial charge in [0.1, 0.15) is 6.33 Å². The zero-order valence-electron chi connectivity index (χ0n) is 37.9. The molecule has 18 nitrogen and oxygen atoms in total. The predicted molar refractivity (Wildman–Crippen MR) is 260 cm³/mol. The number of likely N-dealkylation sites (tertiary alicyclic amines) is 3. The van der Waals surface area contributed by atoms with Crippen molar-refractivity contribution in [2.45, 2.75) is 26.2 Å². The van der Waals surface area contributed by atoms with Gasteiger partial charge in [0, 0.05) is 57.9 Å². The Bertz CT molecular complexity index is 2900. The zero-order valence-corrected chi connectivity index (χ0v) is 39.5. The summed E-state index contributed by atoms with van der Waals surface area (Å²) in [7, 11) is 1.57. The van der Waals surface area contributed by atoms with Gasteiger partial charge in [0.15, 0.2) is 40.1 Å². The molecule has 0 aliphatic carbocycles. The molecule has 3 aliphatic heterocycles. The number of imidazole rings is 1. The van der Waals surface area contributed by atoms with Crippen molar-refractivity contribution in [3.8, 4) is 51.2 Å². The molecule has 0 saturated carbocycles. The minimum atomic E-state index is -1.19. The highest BCUT2D eigenvalue weighted by atomic mass is 32.1. The first-order chi connectivity index (χ1) is 33.4. The van der Waals surface area contributed by atoms with Gasteiger partial charge in [0.2, 0.25) is 17.7 Å². The predicted octanol–water partition coefficient (Wildman–Crippen LogP) is 7.02. The fourth-order valence-electron chi connectivity index (χ4n) is 8.03. The molecule has 3 N–H and O–H groups in total. The lowest BCUT2D eigenvalue weighted by Gasteiger charge is -2.25. The number of anilines is 3. The summed E-state index contributed by atoms with van der Waals surface area (Å²) in [6.45, 7) is 4.74. The maximum Gasteiger partial charge on any atom is 0.248 e. The number of nitrogens with one attached hydrogen (secondary N) is 3. The molecule has 0 bridgehead atoms. The van der Waals surface area contributed by atoms with Crippen molar-refractivity contribution >= 4 is 56.5 Å². The highest BCUT2D eigenvalue weighted by Crippen LogP contribution is 2.36. The minimum absolute atomic E-state index is 0.0939. The van der Waals surface area contributed by atoms with Gasteiger partial charge in [-0.25, -0.2) is 15.0 Å². The summed E-state index contributed by atoms with van der Waals surface area (Å²) in [6.07, 6.45) is 14.7. The molecule has 3 unspecified atom stereocenters. The molecular formula is C49H48N14O4S2. The Hall–Kier alpha value is -8.14. The minimum Gasteiger partial charge on any atom is -0.383 e. The van der Waals surface area contributed by atoms with Crippen LogP contribution in [0.2, 0.25) is 0 Å². The molecule has 6 heterocycles. The lowest BCUT2D eigenvalue weighted by molar-refractivity contribution is -0.128. The molecule has 3 amide bonds. The van der Waals surface area contributed by atoms with E-state index in [0.29, 0.717) is 68.1 Å². The molecule has 3 saturated heterocycles. The van der Waals surface area contributed by atoms with Crippen LogP contribution >= 0.6 is 22.7 Å². The number of amides is 3. The SMILES string of the molecule is CC1(C(=O)Nc2cn(-c3ccccc3)cn2)CCN(C#N)C1.COCC1(C(=O)Nc2ncc(-c3ccccc3)s2)CCN(C#N)C1.N#CN1CCC(C#N)(C(=O)Nc2ncc(-c3ccccc3)s2)C1. The molecule has 0 radical (unpaired) electrons. The van der Waals surface area contributed by atoms with Crippen molar-refractivity contribution in [2.24, 2.45) is 16.2 Å². The Balaban J connectivity index is 0.000000153. The van der Waals surface area contributed by atoms with Crippen LogP contribution in [-0.2, 0) is 19.1 Å². The fraction of sp³-hybridized carbons (Fsp3) is 0.306. The largest absolute Gasteiger partial charge is 0.383 e. The quantitative estimate of drug-likeness (QED) is 0.111. The average Bonchev–Trinajstić information content (AvgIpc) is 4.26. The first-order valence-electron chi connectivity index (χ1n) is 21.8. The Morgan fingerprint density at radius 1 is 0.652 bits per heavy atom. The molecule has 3 fully saturated rings. The van der Waals surface area contributed by atoms with E-state index in [-0.39, 0.29) is 25.0 Å². The number of hydrogen-bond acceptors (Lipinski definition) is 16. The zero-order chi connectivity index (χ0) is 48.9. The molecule has 350 valence electrons. The number of methoxy groups -OCH3 is 1. The van der Waals surface area contributed by atoms with Crippen LogP contribution in [0.15, 0.2) is 116 Å². The van der Waals surface area contributed by atoms with Crippen LogP contribution < -0.4 is 16.0 Å². The van der Waals surface area contributed by atoms with Crippen molar-refractivity contribution in [3.05, 3.63) is 116 Å². The molecule has 69 heavy (non-hydrogen) atoms. The third-order valence-corrected chi connectivity index (χ3v) is 14.0. The van der Waals surface area contributed by atoms with Gasteiger partial charge in [-0.3, -0.25) is 14.4 Å². The molecule has 20 heteroatoms. The summed E-state index contributed by atoms with van der Waals surface area (Å²) in [5.41, 5.74) is 0.637. The van der Waals surface area contributed by atoms with Crippen LogP contribution in [0.4, 0.5) is 16.1 Å². The van der Waals surface area contributed by atoms with E-state index in [0.717, 1.165) is 26.6 Å². The molecule has 9 rings (SSSR count). The van der Waals surface area contributed by atoms with E-state index in [1.54, 1.807) is 41.8 Å². The molecule has 3 aromatic carbocycles. The molecule has 6 aromatic rings. The van der Waals surface area contributed by atoms with Crippen molar-refractivity contribution in [1.82, 2.24) is 34.2 Å². The van der Waals surface area contributed by atoms with Crippen LogP contribution in [0, 0.1) is 61.9 Å². The van der Waals surface area contributed by atoms with Gasteiger partial charge in [-0.15, -0.1) is 0 Å². The standard InChI is InChI=1S/C17H18N4O2S.C16H13N5OS.C16H17N5O/c1-23-11-17(7-8-21(10-17)12-18)15(22)20-16-19-9-14(24-16)13-5-3-2-4-6-13;17-9-16(6-7-21(10-16)11-18)14(22)20-15-19-8-13(23-15)12-4-2-1-3-5-12;1-16(7-8-20(10-16)11-17)15(22)19-14-9-21(12-18-14)13-5-3-2-4-6-13/h2-6,9H,7-8,10-11H2,1H3,(H,19,20,22);1-5,8H,6-7,10H2,(H,19,20,22);2-6,9,12H,7-8,10H2,1H3,(H,19,22). The van der Waals surface area contributed by atoms with E-state index >= 15 is 0 Å². The summed E-state index contributed by atoms with van der Waals surface area (Å²) in [5.74, 6) is -0.114. The highest BCUT2D eigenvalue weighted by Gasteiger charge is 2.46. The van der Waals surface area contributed by atoms with E-state index in [2.05, 4.69) is 49.4 Å². The summed E-state index contributed by atoms with van der Waals surface area (Å²) < 4.78 is 7.10. The topological polar surface area (TPSA) is 245 Å². The van der Waals surface area contributed by atoms with Gasteiger partial charge < -0.3 is 40.0 Å². The van der Waals surface area contributed by atoms with Gasteiger partial charge >= 0.3 is 0 Å². The van der Waals surface area contributed by atoms with Crippen molar-refractivity contribution < 1.29 is 19.1 Å². The van der Waals surface area contributed by atoms with Crippen molar-refractivity contribution in [1.29, 1.82) is 21.0 Å². The lowest BCUT2D eigenvalue weighted by Crippen LogP contribution is -2.42. The Morgan fingerprint density at radius 3 is 1.70 bits per heavy atom. The molecule has 3 aliphatic rings. The fourth-order valence-corrected chi connectivity index (χ4v) is 9.67. The summed E-state index contributed by atoms with van der Waals surface area (Å²) in [6, 6.07) is 31.5. The third-order valence-electron chi connectivity index (χ3n) is 12.1. The smallest absolute Gasteiger partial charge is 0.248 e. The number of rotatable bonds is 11. The van der Waals surface area contributed by atoms with Crippen LogP contribution in [-0.4, -0.2) is 105 Å². The monoisotopic (exact) mass is 960 g/mol. The number of nitriles is 4. The number of ether oxygens (including phenoxy) is 1. The first-order valence-corrected chi connectivity index (χ1v) is 23.5. The van der Waals surface area contributed by atoms with E-state index in [1.807, 2.05) is 109 Å². The van der Waals surface area contributed by atoms with Gasteiger partial charge in [-0.1, -0.05) is 102 Å². The van der Waals surface area contributed by atoms with E-state index in [9.17, 15) is 19.6 Å². The van der Waals surface area contributed by atoms with Gasteiger partial charge in [0.25, 0.3) is 0 Å². The number of benzene rings is 3. The Morgan fingerprint density at radius 2 is 1.17 bits per heavy atom. The molecule has 3 atom stereocenters. The van der Waals surface area contributed by atoms with Crippen LogP contribution in [0.1, 0.15) is 26.2 Å². The van der Waals surface area contributed by atoms with E-state index in [4.69, 9.17) is 20.5 Å². The van der Waals surface area contributed by atoms with Gasteiger partial charge in [0.05, 0.1) is 46.0 Å². The number of hydrogen-bond donors (Lipinski definition) is 3. The summed E-state index contributed by atoms with van der Waals surface area (Å²) in [4.78, 5) is 57.0. The molecule has 0 spiro atoms. The third kappa shape index (κ3) is 11.7. The normalized spacial score (nSPS) is 20.1. The lowest BCUT2D eigenvalue weighted by atomic mass is 9.87. The number of para-hydroxylation sites is 1. The average molecular weight is 961 g/mol. The summed E-state index contributed by atoms with van der Waals surface area (Å²) >= 11 is 2.79. The number of aromatic nitrogens is 4. The Labute approximate surface area is 407 Å². The van der Waals surface area contributed by atoms with Gasteiger partial charge in [-0.05, 0) is 49.4 Å². The van der Waals surface area contributed by atoms with Crippen LogP contribution in [0.25, 0.3) is 26.6 Å². The Kier molecular flexibility index (Phi) is 15.6. The van der Waals surface area contributed by atoms with Crippen molar-refractivity contribution in [2.75, 3.05) is 68.9 Å². The van der Waals surface area contributed by atoms with E-state index in [1.165, 1.54) is 27.6 Å². The maximum atomic E-state index is 12.8. The summed E-state index contributed by atoms with van der Waals surface area (Å²) in [5, 5.41) is 45.8. The van der Waals surface area contributed by atoms with Crippen molar-refractivity contribution in [3.63, 3.8) is 0 Å². The van der Waals surface area contributed by atoms with Crippen LogP contribution in [0.3, 0.4) is 0 Å². The first kappa shape index (κ1) is 48.8. The number of nitrogens with zero attached hydrogens (tertiary/aromatic N) is 11. The van der Waals surface area contributed by atoms with Crippen LogP contribution in [0.5, 0.6) is 0 Å². The second kappa shape index (κ2) is 22.1. The van der Waals surface area contributed by atoms with Gasteiger partial charge in [-0.2, -0.15) is 21.0 Å². The molecule has 3 aromatic heterocycles. The number of carbonyl (C=O) groups excluding carboxylic acids is 3. The second-order valence-corrected chi connectivity index (χ2v) is 19.0. The van der Waals surface area contributed by atoms with E-state index < -0.39 is 22.2 Å². The highest BCUT2D eigenvalue weighted by molar-refractivity contribution is 7.19. The number of thiazole rings is 2. The molecular weight excluding hydrogens is 913 g/mol. The second-order valence-electron chi connectivity index (χ2n) is 16.9. The maximum absolute atomic E-state index is 12.8.